The first-order valence-electron chi connectivity index (χ1n) is 6.50. The van der Waals surface area contributed by atoms with Gasteiger partial charge in [0.25, 0.3) is 0 Å². The van der Waals surface area contributed by atoms with Crippen LogP contribution >= 0.6 is 0 Å². The van der Waals surface area contributed by atoms with Crippen molar-refractivity contribution in [2.24, 2.45) is 5.41 Å². The molecule has 0 saturated carbocycles. The number of hydrogen-bond donors (Lipinski definition) is 1. The first-order chi connectivity index (χ1) is 8.43. The van der Waals surface area contributed by atoms with Crippen molar-refractivity contribution < 1.29 is 4.74 Å². The van der Waals surface area contributed by atoms with E-state index in [1.54, 1.807) is 13.4 Å². The first-order valence-corrected chi connectivity index (χ1v) is 6.50. The fraction of sp³-hybridized carbons (Fsp3) is 0.846. The van der Waals surface area contributed by atoms with Gasteiger partial charge in [-0.15, -0.1) is 0 Å². The van der Waals surface area contributed by atoms with Crippen molar-refractivity contribution in [2.45, 2.75) is 52.8 Å². The molecule has 1 aromatic rings. The number of ether oxygens (including phenoxy) is 1. The lowest BCUT2D eigenvalue weighted by Gasteiger charge is -2.35. The second kappa shape index (κ2) is 6.29. The molecule has 0 radical (unpaired) electrons. The van der Waals surface area contributed by atoms with Crippen molar-refractivity contribution in [2.75, 3.05) is 14.2 Å². The highest BCUT2D eigenvalue weighted by atomic mass is 16.5. The maximum Gasteiger partial charge on any atom is 0.138 e. The molecule has 1 aromatic heterocycles. The molecule has 0 aromatic carbocycles. The van der Waals surface area contributed by atoms with Crippen molar-refractivity contribution in [1.29, 1.82) is 0 Å². The van der Waals surface area contributed by atoms with E-state index in [4.69, 9.17) is 4.74 Å². The van der Waals surface area contributed by atoms with Gasteiger partial charge in [-0.3, -0.25) is 4.68 Å². The Bertz CT molecular complexity index is 356. The van der Waals surface area contributed by atoms with Crippen LogP contribution in [0.1, 0.15) is 33.5 Å². The molecular formula is C13H26N4O. The Balaban J connectivity index is 2.84. The third-order valence-corrected chi connectivity index (χ3v) is 3.24. The molecule has 104 valence electrons. The quantitative estimate of drug-likeness (QED) is 0.835. The highest BCUT2D eigenvalue weighted by molar-refractivity contribution is 4.95. The third kappa shape index (κ3) is 3.53. The van der Waals surface area contributed by atoms with Gasteiger partial charge in [0.1, 0.15) is 12.2 Å². The SMILES string of the molecule is CCn1ncnc1CC(NC)C(OC)C(C)(C)C. The van der Waals surface area contributed by atoms with Crippen molar-refractivity contribution in [3.63, 3.8) is 0 Å². The standard InChI is InChI=1S/C13H26N4O/c1-7-17-11(15-9-16-17)8-10(14-5)12(18-6)13(2,3)4/h9-10,12,14H,7-8H2,1-6H3. The lowest BCUT2D eigenvalue weighted by molar-refractivity contribution is -0.00985. The average molecular weight is 254 g/mol. The number of aromatic nitrogens is 3. The molecule has 5 nitrogen and oxygen atoms in total. The van der Waals surface area contributed by atoms with Gasteiger partial charge < -0.3 is 10.1 Å². The molecular weight excluding hydrogens is 228 g/mol. The van der Waals surface area contributed by atoms with Crippen LogP contribution in [0, 0.1) is 5.41 Å². The Morgan fingerprint density at radius 1 is 1.44 bits per heavy atom. The first kappa shape index (κ1) is 15.1. The van der Waals surface area contributed by atoms with E-state index < -0.39 is 0 Å². The molecule has 0 spiro atoms. The summed E-state index contributed by atoms with van der Waals surface area (Å²) in [5.41, 5.74) is 0.0828. The van der Waals surface area contributed by atoms with Crippen LogP contribution in [0.25, 0.3) is 0 Å². The zero-order valence-corrected chi connectivity index (χ0v) is 12.4. The molecule has 2 unspecified atom stereocenters. The molecule has 1 rings (SSSR count). The fourth-order valence-electron chi connectivity index (χ4n) is 2.39. The van der Waals surface area contributed by atoms with Gasteiger partial charge in [-0.05, 0) is 19.4 Å². The van der Waals surface area contributed by atoms with Gasteiger partial charge in [-0.2, -0.15) is 5.10 Å². The highest BCUT2D eigenvalue weighted by Gasteiger charge is 2.32. The van der Waals surface area contributed by atoms with Crippen molar-refractivity contribution in [3.05, 3.63) is 12.2 Å². The Labute approximate surface area is 110 Å². The van der Waals surface area contributed by atoms with Crippen LogP contribution in [0.3, 0.4) is 0 Å². The summed E-state index contributed by atoms with van der Waals surface area (Å²) in [7, 11) is 3.74. The molecule has 0 aliphatic carbocycles. The summed E-state index contributed by atoms with van der Waals surface area (Å²) >= 11 is 0. The van der Waals surface area contributed by atoms with Gasteiger partial charge in [0, 0.05) is 26.1 Å². The van der Waals surface area contributed by atoms with E-state index in [2.05, 4.69) is 43.1 Å². The summed E-state index contributed by atoms with van der Waals surface area (Å²) in [4.78, 5) is 4.33. The van der Waals surface area contributed by atoms with E-state index in [9.17, 15) is 0 Å². The summed E-state index contributed by atoms with van der Waals surface area (Å²) < 4.78 is 7.60. The van der Waals surface area contributed by atoms with Crippen LogP contribution in [0.15, 0.2) is 6.33 Å². The van der Waals surface area contributed by atoms with Crippen LogP contribution in [0.4, 0.5) is 0 Å². The van der Waals surface area contributed by atoms with Crippen LogP contribution in [-0.4, -0.2) is 41.1 Å². The Morgan fingerprint density at radius 3 is 2.56 bits per heavy atom. The van der Waals surface area contributed by atoms with Gasteiger partial charge in [-0.25, -0.2) is 4.98 Å². The van der Waals surface area contributed by atoms with Gasteiger partial charge in [0.15, 0.2) is 0 Å². The summed E-state index contributed by atoms with van der Waals surface area (Å²) in [6, 6.07) is 0.226. The molecule has 18 heavy (non-hydrogen) atoms. The molecule has 5 heteroatoms. The molecule has 0 fully saturated rings. The van der Waals surface area contributed by atoms with Crippen molar-refractivity contribution >= 4 is 0 Å². The molecule has 0 saturated heterocycles. The molecule has 0 aliphatic rings. The molecule has 0 aliphatic heterocycles. The third-order valence-electron chi connectivity index (χ3n) is 3.24. The largest absolute Gasteiger partial charge is 0.379 e. The Hall–Kier alpha value is -0.940. The van der Waals surface area contributed by atoms with Crippen LogP contribution in [0.2, 0.25) is 0 Å². The number of methoxy groups -OCH3 is 1. The summed E-state index contributed by atoms with van der Waals surface area (Å²) in [5, 5.41) is 7.55. The van der Waals surface area contributed by atoms with E-state index in [-0.39, 0.29) is 17.6 Å². The molecule has 0 bridgehead atoms. The summed E-state index contributed by atoms with van der Waals surface area (Å²) in [6.45, 7) is 9.49. The fourth-order valence-corrected chi connectivity index (χ4v) is 2.39. The second-order valence-electron chi connectivity index (χ2n) is 5.61. The molecule has 1 N–H and O–H groups in total. The minimum absolute atomic E-state index is 0.0828. The van der Waals surface area contributed by atoms with E-state index in [1.165, 1.54) is 0 Å². The number of hydrogen-bond acceptors (Lipinski definition) is 4. The molecule has 2 atom stereocenters. The van der Waals surface area contributed by atoms with E-state index in [0.717, 1.165) is 18.8 Å². The maximum atomic E-state index is 5.67. The normalized spacial score (nSPS) is 15.7. The summed E-state index contributed by atoms with van der Waals surface area (Å²) in [6.07, 6.45) is 2.56. The van der Waals surface area contributed by atoms with Gasteiger partial charge in [0.05, 0.1) is 6.10 Å². The van der Waals surface area contributed by atoms with Crippen LogP contribution < -0.4 is 5.32 Å². The molecule has 0 amide bonds. The zero-order chi connectivity index (χ0) is 13.8. The van der Waals surface area contributed by atoms with E-state index in [0.29, 0.717) is 0 Å². The number of nitrogens with zero attached hydrogens (tertiary/aromatic N) is 3. The van der Waals surface area contributed by atoms with Crippen LogP contribution in [-0.2, 0) is 17.7 Å². The van der Waals surface area contributed by atoms with Crippen molar-refractivity contribution in [3.8, 4) is 0 Å². The highest BCUT2D eigenvalue weighted by Crippen LogP contribution is 2.25. The minimum atomic E-state index is 0.0828. The number of aryl methyl sites for hydroxylation is 1. The van der Waals surface area contributed by atoms with Crippen LogP contribution in [0.5, 0.6) is 0 Å². The lowest BCUT2D eigenvalue weighted by Crippen LogP contribution is -2.48. The molecule has 1 heterocycles. The number of likely N-dealkylation sites (N-methyl/N-ethyl adjacent to an activating group) is 1. The minimum Gasteiger partial charge on any atom is -0.379 e. The van der Waals surface area contributed by atoms with E-state index in [1.807, 2.05) is 11.7 Å². The monoisotopic (exact) mass is 254 g/mol. The lowest BCUT2D eigenvalue weighted by atomic mass is 9.83. The maximum absolute atomic E-state index is 5.67. The van der Waals surface area contributed by atoms with Gasteiger partial charge >= 0.3 is 0 Å². The average Bonchev–Trinajstić information content (AvgIpc) is 2.74. The predicted octanol–water partition coefficient (Wildman–Crippen LogP) is 1.49. The smallest absolute Gasteiger partial charge is 0.138 e. The van der Waals surface area contributed by atoms with Gasteiger partial charge in [0.2, 0.25) is 0 Å². The zero-order valence-electron chi connectivity index (χ0n) is 12.4. The summed E-state index contributed by atoms with van der Waals surface area (Å²) in [5.74, 6) is 1.00. The topological polar surface area (TPSA) is 52.0 Å². The number of nitrogens with one attached hydrogen (secondary N) is 1. The van der Waals surface area contributed by atoms with Gasteiger partial charge in [-0.1, -0.05) is 20.8 Å². The predicted molar refractivity (Wildman–Crippen MR) is 72.5 cm³/mol. The second-order valence-corrected chi connectivity index (χ2v) is 5.61. The Morgan fingerprint density at radius 2 is 2.11 bits per heavy atom. The number of rotatable bonds is 6. The Kier molecular flexibility index (Phi) is 5.28. The van der Waals surface area contributed by atoms with Crippen molar-refractivity contribution in [1.82, 2.24) is 20.1 Å². The van der Waals surface area contributed by atoms with E-state index >= 15 is 0 Å².